The van der Waals surface area contributed by atoms with E-state index >= 15 is 0 Å². The van der Waals surface area contributed by atoms with E-state index in [2.05, 4.69) is 5.10 Å². The first-order chi connectivity index (χ1) is 12.6. The van der Waals surface area contributed by atoms with E-state index in [1.54, 1.807) is 16.8 Å². The highest BCUT2D eigenvalue weighted by Crippen LogP contribution is 2.26. The Morgan fingerprint density at radius 2 is 2.00 bits per heavy atom. The first kappa shape index (κ1) is 24.6. The van der Waals surface area contributed by atoms with Crippen LogP contribution < -0.4 is 5.73 Å². The number of hydrogen-bond donors (Lipinski definition) is 1. The zero-order valence-corrected chi connectivity index (χ0v) is 18.6. The standard InChI is InChI=1S/C18H24ClFN4O2S.ClH/c1-12-16(10-15(20)7-8-21)13(2)24(22-12)11-14-5-6-18(17(19)9-14)27(25,26)23(3)4;/h5-7,9H,8,10-11,21H2,1-4H3;1H/b15-7-;. The molecule has 0 saturated heterocycles. The first-order valence-corrected chi connectivity index (χ1v) is 10.2. The SMILES string of the molecule is Cc1nn(Cc2ccc(S(=O)(=O)N(C)C)c(Cl)c2)c(C)c1C/C(F)=C/CN.Cl. The molecule has 0 aliphatic heterocycles. The van der Waals surface area contributed by atoms with E-state index in [4.69, 9.17) is 17.3 Å². The summed E-state index contributed by atoms with van der Waals surface area (Å²) >= 11 is 6.20. The molecule has 6 nitrogen and oxygen atoms in total. The van der Waals surface area contributed by atoms with Crippen molar-refractivity contribution in [2.75, 3.05) is 20.6 Å². The highest BCUT2D eigenvalue weighted by Gasteiger charge is 2.21. The van der Waals surface area contributed by atoms with Crippen molar-refractivity contribution in [2.45, 2.75) is 31.7 Å². The van der Waals surface area contributed by atoms with Crippen LogP contribution in [0.4, 0.5) is 4.39 Å². The first-order valence-electron chi connectivity index (χ1n) is 8.36. The number of allylic oxidation sites excluding steroid dienone is 1. The molecule has 0 spiro atoms. The predicted molar refractivity (Wildman–Crippen MR) is 112 cm³/mol. The maximum Gasteiger partial charge on any atom is 0.244 e. The Labute approximate surface area is 176 Å². The number of sulfonamides is 1. The van der Waals surface area contributed by atoms with Crippen LogP contribution in [0.3, 0.4) is 0 Å². The quantitative estimate of drug-likeness (QED) is 0.701. The van der Waals surface area contributed by atoms with E-state index in [0.29, 0.717) is 6.54 Å². The summed E-state index contributed by atoms with van der Waals surface area (Å²) in [6.45, 7) is 4.25. The van der Waals surface area contributed by atoms with Crippen LogP contribution >= 0.6 is 24.0 Å². The van der Waals surface area contributed by atoms with E-state index in [9.17, 15) is 12.8 Å². The number of benzene rings is 1. The monoisotopic (exact) mass is 450 g/mol. The molecule has 0 radical (unpaired) electrons. The molecule has 0 bridgehead atoms. The van der Waals surface area contributed by atoms with Crippen LogP contribution in [0.25, 0.3) is 0 Å². The minimum atomic E-state index is -3.61. The molecule has 2 rings (SSSR count). The molecule has 0 amide bonds. The molecule has 1 aromatic carbocycles. The van der Waals surface area contributed by atoms with Gasteiger partial charge in [0, 0.05) is 38.3 Å². The third-order valence-corrected chi connectivity index (χ3v) is 6.60. The van der Waals surface area contributed by atoms with Gasteiger partial charge in [-0.2, -0.15) is 5.10 Å². The fourth-order valence-electron chi connectivity index (χ4n) is 2.73. The molecule has 0 saturated carbocycles. The molecule has 2 aromatic rings. The van der Waals surface area contributed by atoms with Crippen LogP contribution in [0.2, 0.25) is 5.02 Å². The Kier molecular flexibility index (Phi) is 8.64. The third-order valence-electron chi connectivity index (χ3n) is 4.30. The Balaban J connectivity index is 0.00000392. The number of rotatable bonds is 7. The molecule has 0 unspecified atom stereocenters. The average Bonchev–Trinajstić information content (AvgIpc) is 2.82. The van der Waals surface area contributed by atoms with Crippen molar-refractivity contribution in [3.05, 3.63) is 57.6 Å². The predicted octanol–water partition coefficient (Wildman–Crippen LogP) is 3.23. The second-order valence-corrected chi connectivity index (χ2v) is 8.95. The highest BCUT2D eigenvalue weighted by molar-refractivity contribution is 7.89. The van der Waals surface area contributed by atoms with E-state index < -0.39 is 10.0 Å². The minimum absolute atomic E-state index is 0. The van der Waals surface area contributed by atoms with Gasteiger partial charge in [0.2, 0.25) is 10.0 Å². The van der Waals surface area contributed by atoms with Crippen molar-refractivity contribution in [3.8, 4) is 0 Å². The Morgan fingerprint density at radius 1 is 1.36 bits per heavy atom. The molecule has 156 valence electrons. The van der Waals surface area contributed by atoms with Gasteiger partial charge in [0.25, 0.3) is 0 Å². The van der Waals surface area contributed by atoms with Crippen molar-refractivity contribution in [3.63, 3.8) is 0 Å². The molecule has 2 N–H and O–H groups in total. The Hall–Kier alpha value is -1.45. The van der Waals surface area contributed by atoms with Crippen molar-refractivity contribution in [1.82, 2.24) is 14.1 Å². The van der Waals surface area contributed by atoms with Gasteiger partial charge in [-0.3, -0.25) is 4.68 Å². The molecule has 1 heterocycles. The zero-order valence-electron chi connectivity index (χ0n) is 16.2. The number of aryl methyl sites for hydroxylation is 1. The molecule has 0 aliphatic rings. The van der Waals surface area contributed by atoms with Gasteiger partial charge in [0.05, 0.1) is 17.3 Å². The van der Waals surface area contributed by atoms with Crippen LogP contribution in [0, 0.1) is 13.8 Å². The van der Waals surface area contributed by atoms with Crippen LogP contribution in [0.15, 0.2) is 35.0 Å². The lowest BCUT2D eigenvalue weighted by Gasteiger charge is -2.14. The second-order valence-electron chi connectivity index (χ2n) is 6.42. The summed E-state index contributed by atoms with van der Waals surface area (Å²) in [5, 5.41) is 4.62. The highest BCUT2D eigenvalue weighted by atomic mass is 35.5. The average molecular weight is 451 g/mol. The van der Waals surface area contributed by atoms with Crippen LogP contribution in [0.5, 0.6) is 0 Å². The van der Waals surface area contributed by atoms with E-state index in [-0.39, 0.29) is 41.1 Å². The van der Waals surface area contributed by atoms with Gasteiger partial charge in [0.1, 0.15) is 10.7 Å². The summed E-state index contributed by atoms with van der Waals surface area (Å²) < 4.78 is 41.2. The normalized spacial score (nSPS) is 12.4. The van der Waals surface area contributed by atoms with Gasteiger partial charge in [0.15, 0.2) is 0 Å². The molecule has 0 atom stereocenters. The molecule has 0 aliphatic carbocycles. The molecule has 1 aromatic heterocycles. The number of hydrogen-bond acceptors (Lipinski definition) is 4. The summed E-state index contributed by atoms with van der Waals surface area (Å²) in [5.41, 5.74) is 8.54. The van der Waals surface area contributed by atoms with E-state index in [1.807, 2.05) is 13.8 Å². The Morgan fingerprint density at radius 3 is 2.54 bits per heavy atom. The van der Waals surface area contributed by atoms with E-state index in [1.165, 1.54) is 26.2 Å². The van der Waals surface area contributed by atoms with Crippen LogP contribution in [-0.2, 0) is 23.0 Å². The fraction of sp³-hybridized carbons (Fsp3) is 0.389. The van der Waals surface area contributed by atoms with Crippen molar-refractivity contribution in [2.24, 2.45) is 5.73 Å². The topological polar surface area (TPSA) is 81.2 Å². The maximum absolute atomic E-state index is 13.8. The smallest absolute Gasteiger partial charge is 0.244 e. The van der Waals surface area contributed by atoms with E-state index in [0.717, 1.165) is 26.8 Å². The molecule has 0 fully saturated rings. The molecular formula is C18H25Cl2FN4O2S. The van der Waals surface area contributed by atoms with Gasteiger partial charge in [-0.05, 0) is 37.6 Å². The molecule has 10 heteroatoms. The largest absolute Gasteiger partial charge is 0.327 e. The number of nitrogens with zero attached hydrogens (tertiary/aromatic N) is 3. The van der Waals surface area contributed by atoms with Crippen LogP contribution in [-0.4, -0.2) is 43.1 Å². The van der Waals surface area contributed by atoms with Gasteiger partial charge < -0.3 is 5.73 Å². The Bertz CT molecular complexity index is 972. The van der Waals surface area contributed by atoms with Crippen LogP contribution in [0.1, 0.15) is 22.5 Å². The lowest BCUT2D eigenvalue weighted by atomic mass is 10.1. The summed E-state index contributed by atoms with van der Waals surface area (Å²) in [5.74, 6) is -0.287. The van der Waals surface area contributed by atoms with Gasteiger partial charge in [-0.1, -0.05) is 17.7 Å². The summed E-state index contributed by atoms with van der Waals surface area (Å²) in [6.07, 6.45) is 1.50. The van der Waals surface area contributed by atoms with Crippen molar-refractivity contribution < 1.29 is 12.8 Å². The zero-order chi connectivity index (χ0) is 20.4. The molecule has 28 heavy (non-hydrogen) atoms. The lowest BCUT2D eigenvalue weighted by Crippen LogP contribution is -2.22. The number of aromatic nitrogens is 2. The minimum Gasteiger partial charge on any atom is -0.327 e. The third kappa shape index (κ3) is 5.33. The van der Waals surface area contributed by atoms with Crippen molar-refractivity contribution in [1.29, 1.82) is 0 Å². The maximum atomic E-state index is 13.8. The van der Waals surface area contributed by atoms with Gasteiger partial charge in [-0.15, -0.1) is 12.4 Å². The van der Waals surface area contributed by atoms with Gasteiger partial charge in [-0.25, -0.2) is 17.1 Å². The van der Waals surface area contributed by atoms with Crippen molar-refractivity contribution >= 4 is 34.0 Å². The summed E-state index contributed by atoms with van der Waals surface area (Å²) in [7, 11) is -0.699. The second kappa shape index (κ2) is 9.84. The summed E-state index contributed by atoms with van der Waals surface area (Å²) in [4.78, 5) is 0.0565. The molecular weight excluding hydrogens is 426 g/mol. The number of nitrogens with two attached hydrogens (primary N) is 1. The number of halogens is 3. The summed E-state index contributed by atoms with van der Waals surface area (Å²) in [6, 6.07) is 4.81. The van der Waals surface area contributed by atoms with Gasteiger partial charge >= 0.3 is 0 Å². The lowest BCUT2D eigenvalue weighted by molar-refractivity contribution is 0.520. The fourth-order valence-corrected chi connectivity index (χ4v) is 4.17.